The average molecular weight is 382 g/mol. The van der Waals surface area contributed by atoms with E-state index in [9.17, 15) is 9.18 Å². The summed E-state index contributed by atoms with van der Waals surface area (Å²) >= 11 is 0. The van der Waals surface area contributed by atoms with E-state index in [1.807, 2.05) is 6.92 Å². The molecule has 6 heteroatoms. The van der Waals surface area contributed by atoms with E-state index in [4.69, 9.17) is 5.10 Å². The van der Waals surface area contributed by atoms with E-state index < -0.39 is 0 Å². The van der Waals surface area contributed by atoms with Crippen molar-refractivity contribution in [1.29, 1.82) is 0 Å². The Morgan fingerprint density at radius 3 is 3.07 bits per heavy atom. The van der Waals surface area contributed by atoms with Crippen LogP contribution in [0.5, 0.6) is 0 Å². The molecule has 3 aliphatic rings. The van der Waals surface area contributed by atoms with Gasteiger partial charge in [-0.3, -0.25) is 14.8 Å². The first-order chi connectivity index (χ1) is 13.6. The first-order valence-corrected chi connectivity index (χ1v) is 10.5. The van der Waals surface area contributed by atoms with Crippen molar-refractivity contribution in [3.8, 4) is 0 Å². The number of hydrogen-bond acceptors (Lipinski definition) is 3. The van der Waals surface area contributed by atoms with Crippen LogP contribution in [-0.2, 0) is 29.6 Å². The van der Waals surface area contributed by atoms with Gasteiger partial charge in [0.05, 0.1) is 12.2 Å². The van der Waals surface area contributed by atoms with Gasteiger partial charge in [-0.15, -0.1) is 0 Å². The van der Waals surface area contributed by atoms with Crippen molar-refractivity contribution >= 4 is 11.6 Å². The number of fused-ring (bicyclic) bond motifs is 2. The van der Waals surface area contributed by atoms with Crippen LogP contribution >= 0.6 is 0 Å². The molecule has 2 heterocycles. The van der Waals surface area contributed by atoms with Gasteiger partial charge >= 0.3 is 0 Å². The highest BCUT2D eigenvalue weighted by atomic mass is 19.1. The Morgan fingerprint density at radius 1 is 1.46 bits per heavy atom. The number of carbonyl (C=O) groups is 1. The molecule has 148 valence electrons. The zero-order chi connectivity index (χ0) is 19.3. The van der Waals surface area contributed by atoms with Gasteiger partial charge in [-0.05, 0) is 49.3 Å². The molecule has 1 amide bonds. The zero-order valence-corrected chi connectivity index (χ0v) is 16.4. The second-order valence-corrected chi connectivity index (χ2v) is 8.65. The number of rotatable bonds is 5. The largest absolute Gasteiger partial charge is 0.325 e. The topological polar surface area (TPSA) is 61.0 Å². The Balaban J connectivity index is 1.25. The van der Waals surface area contributed by atoms with E-state index in [0.29, 0.717) is 29.6 Å². The standard InChI is InChI=1S/C22H27FN4O/c1-2-14-5-6-16(10-18(14)23)24-20(28)13-27-9-7-19-17(12-27)21(26-25-19)22-8-3-4-15(22)11-22/h5-6,10,15H,2-4,7-9,11-13H2,1H3,(H,24,28)(H,25,26). The molecule has 2 atom stereocenters. The second kappa shape index (κ2) is 6.69. The maximum Gasteiger partial charge on any atom is 0.238 e. The molecule has 0 bridgehead atoms. The van der Waals surface area contributed by atoms with Crippen LogP contribution in [-0.4, -0.2) is 34.1 Å². The molecule has 2 aliphatic carbocycles. The maximum atomic E-state index is 13.9. The Hall–Kier alpha value is -2.21. The molecule has 2 aromatic rings. The van der Waals surface area contributed by atoms with Crippen LogP contribution in [0.15, 0.2) is 18.2 Å². The number of nitrogens with one attached hydrogen (secondary N) is 2. The number of anilines is 1. The van der Waals surface area contributed by atoms with E-state index in [0.717, 1.165) is 25.4 Å². The van der Waals surface area contributed by atoms with Crippen LogP contribution in [0.3, 0.4) is 0 Å². The summed E-state index contributed by atoms with van der Waals surface area (Å²) in [5, 5.41) is 10.8. The van der Waals surface area contributed by atoms with Crippen molar-refractivity contribution in [3.05, 3.63) is 46.5 Å². The molecule has 1 aliphatic heterocycles. The maximum absolute atomic E-state index is 13.9. The van der Waals surface area contributed by atoms with Crippen molar-refractivity contribution in [2.75, 3.05) is 18.4 Å². The Labute approximate surface area is 164 Å². The molecule has 5 nitrogen and oxygen atoms in total. The van der Waals surface area contributed by atoms with Gasteiger partial charge in [-0.1, -0.05) is 19.4 Å². The summed E-state index contributed by atoms with van der Waals surface area (Å²) < 4.78 is 13.9. The molecular formula is C22H27FN4O. The van der Waals surface area contributed by atoms with Crippen molar-refractivity contribution in [3.63, 3.8) is 0 Å². The van der Waals surface area contributed by atoms with E-state index in [1.54, 1.807) is 12.1 Å². The van der Waals surface area contributed by atoms with Gasteiger partial charge in [-0.25, -0.2) is 4.39 Å². The number of aromatic nitrogens is 2. The molecule has 0 radical (unpaired) electrons. The van der Waals surface area contributed by atoms with Crippen LogP contribution < -0.4 is 5.32 Å². The average Bonchev–Trinajstić information content (AvgIpc) is 3.01. The van der Waals surface area contributed by atoms with Crippen molar-refractivity contribution in [2.24, 2.45) is 5.92 Å². The van der Waals surface area contributed by atoms with Crippen LogP contribution in [0.2, 0.25) is 0 Å². The number of nitrogens with zero attached hydrogens (tertiary/aromatic N) is 2. The van der Waals surface area contributed by atoms with Gasteiger partial charge < -0.3 is 5.32 Å². The van der Waals surface area contributed by atoms with Gasteiger partial charge in [0, 0.05) is 41.9 Å². The quantitative estimate of drug-likeness (QED) is 0.831. The Morgan fingerprint density at radius 2 is 2.36 bits per heavy atom. The number of H-pyrrole nitrogens is 1. The van der Waals surface area contributed by atoms with Gasteiger partial charge in [-0.2, -0.15) is 5.10 Å². The molecule has 1 aromatic carbocycles. The molecule has 1 aromatic heterocycles. The third kappa shape index (κ3) is 2.94. The first-order valence-electron chi connectivity index (χ1n) is 10.5. The summed E-state index contributed by atoms with van der Waals surface area (Å²) in [5.74, 6) is 0.459. The van der Waals surface area contributed by atoms with Crippen LogP contribution in [0, 0.1) is 11.7 Å². The first kappa shape index (κ1) is 17.9. The lowest BCUT2D eigenvalue weighted by Gasteiger charge is -2.27. The molecule has 2 unspecified atom stereocenters. The number of amides is 1. The third-order valence-corrected chi connectivity index (χ3v) is 6.98. The van der Waals surface area contributed by atoms with Crippen LogP contribution in [0.1, 0.15) is 55.1 Å². The van der Waals surface area contributed by atoms with E-state index in [-0.39, 0.29) is 11.7 Å². The fourth-order valence-electron chi connectivity index (χ4n) is 5.35. The highest BCUT2D eigenvalue weighted by Crippen LogP contribution is 2.64. The molecule has 2 saturated carbocycles. The fourth-order valence-corrected chi connectivity index (χ4v) is 5.35. The Kier molecular flexibility index (Phi) is 4.27. The highest BCUT2D eigenvalue weighted by molar-refractivity contribution is 5.92. The second-order valence-electron chi connectivity index (χ2n) is 8.65. The SMILES string of the molecule is CCc1ccc(NC(=O)CN2CCc3[nH]nc(C45CCCC4C5)c3C2)cc1F. The molecule has 2 N–H and O–H groups in total. The summed E-state index contributed by atoms with van der Waals surface area (Å²) in [6.07, 6.45) is 6.73. The molecule has 0 spiro atoms. The molecule has 2 fully saturated rings. The minimum atomic E-state index is -0.263. The normalized spacial score (nSPS) is 26.0. The number of aryl methyl sites for hydroxylation is 1. The monoisotopic (exact) mass is 382 g/mol. The summed E-state index contributed by atoms with van der Waals surface area (Å²) in [6, 6.07) is 4.92. The van der Waals surface area contributed by atoms with Crippen molar-refractivity contribution in [2.45, 2.75) is 57.4 Å². The van der Waals surface area contributed by atoms with Gasteiger partial charge in [0.25, 0.3) is 0 Å². The number of carbonyl (C=O) groups excluding carboxylic acids is 1. The number of aromatic amines is 1. The molecule has 28 heavy (non-hydrogen) atoms. The van der Waals surface area contributed by atoms with Gasteiger partial charge in [0.15, 0.2) is 0 Å². The lowest BCUT2D eigenvalue weighted by atomic mass is 9.92. The predicted molar refractivity (Wildman–Crippen MR) is 106 cm³/mol. The molecule has 0 saturated heterocycles. The van der Waals surface area contributed by atoms with E-state index >= 15 is 0 Å². The van der Waals surface area contributed by atoms with Crippen molar-refractivity contribution < 1.29 is 9.18 Å². The number of hydrogen-bond donors (Lipinski definition) is 2. The fraction of sp³-hybridized carbons (Fsp3) is 0.545. The van der Waals surface area contributed by atoms with Crippen molar-refractivity contribution in [1.82, 2.24) is 15.1 Å². The smallest absolute Gasteiger partial charge is 0.238 e. The Bertz CT molecular complexity index is 923. The molecular weight excluding hydrogens is 355 g/mol. The molecule has 5 rings (SSSR count). The summed E-state index contributed by atoms with van der Waals surface area (Å²) in [7, 11) is 0. The van der Waals surface area contributed by atoms with Crippen LogP contribution in [0.25, 0.3) is 0 Å². The number of benzene rings is 1. The highest BCUT2D eigenvalue weighted by Gasteiger charge is 2.60. The van der Waals surface area contributed by atoms with Crippen LogP contribution in [0.4, 0.5) is 10.1 Å². The lowest BCUT2D eigenvalue weighted by molar-refractivity contribution is -0.117. The predicted octanol–water partition coefficient (Wildman–Crippen LogP) is 3.55. The summed E-state index contributed by atoms with van der Waals surface area (Å²) in [6.45, 7) is 3.84. The van der Waals surface area contributed by atoms with E-state index in [1.165, 1.54) is 48.7 Å². The lowest BCUT2D eigenvalue weighted by Crippen LogP contribution is -2.37. The van der Waals surface area contributed by atoms with E-state index in [2.05, 4.69) is 15.3 Å². The zero-order valence-electron chi connectivity index (χ0n) is 16.4. The minimum absolute atomic E-state index is 0.0968. The summed E-state index contributed by atoms with van der Waals surface area (Å²) in [4.78, 5) is 14.7. The minimum Gasteiger partial charge on any atom is -0.325 e. The summed E-state index contributed by atoms with van der Waals surface area (Å²) in [5.41, 5.74) is 5.35. The number of halogens is 1. The van der Waals surface area contributed by atoms with Gasteiger partial charge in [0.2, 0.25) is 5.91 Å². The third-order valence-electron chi connectivity index (χ3n) is 6.98. The van der Waals surface area contributed by atoms with Gasteiger partial charge in [0.1, 0.15) is 5.82 Å².